The van der Waals surface area contributed by atoms with Gasteiger partial charge in [-0.3, -0.25) is 9.69 Å². The highest BCUT2D eigenvalue weighted by Crippen LogP contribution is 2.35. The van der Waals surface area contributed by atoms with Crippen LogP contribution in [-0.4, -0.2) is 47.1 Å². The Hall–Kier alpha value is -2.12. The van der Waals surface area contributed by atoms with Crippen LogP contribution in [0.25, 0.3) is 0 Å². The molecule has 2 aromatic heterocycles. The highest BCUT2D eigenvalue weighted by Gasteiger charge is 2.36. The Bertz CT molecular complexity index is 908. The van der Waals surface area contributed by atoms with Crippen molar-refractivity contribution >= 4 is 17.4 Å². The topological polar surface area (TPSA) is 57.6 Å². The number of piperidine rings is 1. The fourth-order valence-corrected chi connectivity index (χ4v) is 5.32. The normalized spacial score (nSPS) is 20.6. The lowest BCUT2D eigenvalue weighted by molar-refractivity contribution is 0.131. The summed E-state index contributed by atoms with van der Waals surface area (Å²) < 4.78 is 1.98. The van der Waals surface area contributed by atoms with Gasteiger partial charge < -0.3 is 14.8 Å². The molecule has 0 saturated carbocycles. The zero-order chi connectivity index (χ0) is 20.4. The summed E-state index contributed by atoms with van der Waals surface area (Å²) in [6.45, 7) is 6.41. The van der Waals surface area contributed by atoms with Crippen LogP contribution in [0.3, 0.4) is 0 Å². The van der Waals surface area contributed by atoms with Crippen molar-refractivity contribution in [1.82, 2.24) is 19.7 Å². The summed E-state index contributed by atoms with van der Waals surface area (Å²) in [4.78, 5) is 29.7. The first-order valence-electron chi connectivity index (χ1n) is 10.5. The molecule has 0 aromatic carbocycles. The number of carbonyl (C=O) groups excluding carboxylic acids is 1. The Kier molecular flexibility index (Phi) is 6.06. The molecule has 0 aliphatic carbocycles. The van der Waals surface area contributed by atoms with Crippen LogP contribution < -0.4 is 10.9 Å². The molecule has 0 spiro atoms. The summed E-state index contributed by atoms with van der Waals surface area (Å²) >= 11 is 1.70. The molecular formula is C22H30N4O2S. The number of nitrogens with one attached hydrogen (secondary N) is 1. The maximum Gasteiger partial charge on any atom is 0.317 e. The van der Waals surface area contributed by atoms with Gasteiger partial charge in [0.2, 0.25) is 0 Å². The van der Waals surface area contributed by atoms with Gasteiger partial charge in [0.25, 0.3) is 5.56 Å². The fraction of sp³-hybridized carbons (Fsp3) is 0.545. The average molecular weight is 415 g/mol. The second-order valence-electron chi connectivity index (χ2n) is 8.44. The Labute approximate surface area is 176 Å². The van der Waals surface area contributed by atoms with Crippen molar-refractivity contribution < 1.29 is 4.79 Å². The van der Waals surface area contributed by atoms with Crippen molar-refractivity contribution in [2.75, 3.05) is 26.7 Å². The monoisotopic (exact) mass is 414 g/mol. The van der Waals surface area contributed by atoms with E-state index in [0.29, 0.717) is 32.1 Å². The van der Waals surface area contributed by atoms with Crippen LogP contribution >= 0.6 is 11.3 Å². The SMILES string of the molecule is CCCNC(=O)N1C[C@@H]2C[C@H](C1)c1ccc(CN(C)Cc3ccsc3)c(=O)n1C2. The zero-order valence-electron chi connectivity index (χ0n) is 17.3. The van der Waals surface area contributed by atoms with E-state index in [0.717, 1.165) is 37.2 Å². The van der Waals surface area contributed by atoms with Crippen molar-refractivity contribution in [2.24, 2.45) is 5.92 Å². The van der Waals surface area contributed by atoms with Crippen molar-refractivity contribution in [3.8, 4) is 0 Å². The molecule has 4 heterocycles. The van der Waals surface area contributed by atoms with Crippen molar-refractivity contribution in [1.29, 1.82) is 0 Å². The van der Waals surface area contributed by atoms with Crippen LogP contribution in [0.4, 0.5) is 4.79 Å². The first kappa shape index (κ1) is 20.2. The summed E-state index contributed by atoms with van der Waals surface area (Å²) in [7, 11) is 2.06. The summed E-state index contributed by atoms with van der Waals surface area (Å²) in [6.07, 6.45) is 2.00. The van der Waals surface area contributed by atoms with Gasteiger partial charge in [0, 0.05) is 56.4 Å². The lowest BCUT2D eigenvalue weighted by Gasteiger charge is -2.42. The minimum absolute atomic E-state index is 0.0315. The minimum Gasteiger partial charge on any atom is -0.338 e. The average Bonchev–Trinajstić information content (AvgIpc) is 3.21. The number of fused-ring (bicyclic) bond motifs is 4. The number of likely N-dealkylation sites (tertiary alicyclic amines) is 1. The van der Waals surface area contributed by atoms with Gasteiger partial charge in [-0.2, -0.15) is 11.3 Å². The molecule has 2 aliphatic rings. The highest BCUT2D eigenvalue weighted by atomic mass is 32.1. The number of hydrogen-bond acceptors (Lipinski definition) is 4. The van der Waals surface area contributed by atoms with Crippen LogP contribution in [0.2, 0.25) is 0 Å². The van der Waals surface area contributed by atoms with E-state index in [2.05, 4.69) is 47.1 Å². The molecule has 2 aliphatic heterocycles. The number of thiophene rings is 1. The molecule has 1 fully saturated rings. The summed E-state index contributed by atoms with van der Waals surface area (Å²) in [5.74, 6) is 0.602. The maximum absolute atomic E-state index is 13.2. The second-order valence-corrected chi connectivity index (χ2v) is 9.22. The standard InChI is InChI=1S/C22H30N4O2S/c1-3-7-23-22(28)25-11-17-9-19(14-25)20-5-4-18(21(27)26(20)12-17)13-24(2)10-16-6-8-29-15-16/h4-6,8,15,17,19H,3,7,9-14H2,1-2H3,(H,23,28)/t17-,19+/m0/s1. The van der Waals surface area contributed by atoms with E-state index in [1.54, 1.807) is 11.3 Å². The van der Waals surface area contributed by atoms with Crippen molar-refractivity contribution in [3.63, 3.8) is 0 Å². The van der Waals surface area contributed by atoms with E-state index in [1.165, 1.54) is 5.56 Å². The van der Waals surface area contributed by atoms with Gasteiger partial charge >= 0.3 is 6.03 Å². The van der Waals surface area contributed by atoms with Crippen LogP contribution in [0.15, 0.2) is 33.8 Å². The van der Waals surface area contributed by atoms with Gasteiger partial charge in [-0.25, -0.2) is 4.79 Å². The molecule has 4 rings (SSSR count). The molecule has 1 saturated heterocycles. The lowest BCUT2D eigenvalue weighted by atomic mass is 9.83. The predicted octanol–water partition coefficient (Wildman–Crippen LogP) is 3.08. The fourth-order valence-electron chi connectivity index (χ4n) is 4.66. The number of carbonyl (C=O) groups is 1. The van der Waals surface area contributed by atoms with Gasteiger partial charge in [-0.05, 0) is 54.3 Å². The zero-order valence-corrected chi connectivity index (χ0v) is 18.1. The molecule has 2 bridgehead atoms. The highest BCUT2D eigenvalue weighted by molar-refractivity contribution is 7.07. The molecule has 1 N–H and O–H groups in total. The van der Waals surface area contributed by atoms with Gasteiger partial charge in [-0.15, -0.1) is 0 Å². The molecule has 7 heteroatoms. The molecule has 2 atom stereocenters. The Morgan fingerprint density at radius 3 is 2.86 bits per heavy atom. The van der Waals surface area contributed by atoms with E-state index in [-0.39, 0.29) is 17.5 Å². The third-order valence-electron chi connectivity index (χ3n) is 5.97. The molecule has 156 valence electrons. The summed E-state index contributed by atoms with van der Waals surface area (Å²) in [6, 6.07) is 6.27. The molecule has 6 nitrogen and oxygen atoms in total. The first-order chi connectivity index (χ1) is 14.0. The number of nitrogens with zero attached hydrogens (tertiary/aromatic N) is 3. The lowest BCUT2D eigenvalue weighted by Crippen LogP contribution is -2.52. The van der Waals surface area contributed by atoms with Gasteiger partial charge in [0.15, 0.2) is 0 Å². The van der Waals surface area contributed by atoms with Crippen LogP contribution in [0.1, 0.15) is 42.5 Å². The second kappa shape index (κ2) is 8.71. The molecule has 29 heavy (non-hydrogen) atoms. The molecular weight excluding hydrogens is 384 g/mol. The van der Waals surface area contributed by atoms with Gasteiger partial charge in [0.1, 0.15) is 0 Å². The number of rotatable bonds is 6. The largest absolute Gasteiger partial charge is 0.338 e. The van der Waals surface area contributed by atoms with E-state index >= 15 is 0 Å². The van der Waals surface area contributed by atoms with E-state index < -0.39 is 0 Å². The molecule has 0 unspecified atom stereocenters. The Morgan fingerprint density at radius 1 is 1.24 bits per heavy atom. The Morgan fingerprint density at radius 2 is 2.10 bits per heavy atom. The van der Waals surface area contributed by atoms with E-state index in [9.17, 15) is 9.59 Å². The van der Waals surface area contributed by atoms with Gasteiger partial charge in [-0.1, -0.05) is 13.0 Å². The summed E-state index contributed by atoms with van der Waals surface area (Å²) in [5, 5.41) is 7.23. The number of amides is 2. The first-order valence-corrected chi connectivity index (χ1v) is 11.4. The number of aromatic nitrogens is 1. The predicted molar refractivity (Wildman–Crippen MR) is 116 cm³/mol. The van der Waals surface area contributed by atoms with Crippen LogP contribution in [0, 0.1) is 5.92 Å². The van der Waals surface area contributed by atoms with Crippen molar-refractivity contribution in [2.45, 2.75) is 45.3 Å². The molecule has 2 amide bonds. The van der Waals surface area contributed by atoms with Crippen LogP contribution in [-0.2, 0) is 19.6 Å². The Balaban J connectivity index is 1.48. The minimum atomic E-state index is 0.0315. The number of hydrogen-bond donors (Lipinski definition) is 1. The van der Waals surface area contributed by atoms with E-state index in [4.69, 9.17) is 0 Å². The van der Waals surface area contributed by atoms with Crippen LogP contribution in [0.5, 0.6) is 0 Å². The number of urea groups is 1. The van der Waals surface area contributed by atoms with Crippen molar-refractivity contribution in [3.05, 3.63) is 56.1 Å². The third kappa shape index (κ3) is 4.41. The smallest absolute Gasteiger partial charge is 0.317 e. The summed E-state index contributed by atoms with van der Waals surface area (Å²) in [5.41, 5.74) is 3.36. The maximum atomic E-state index is 13.2. The third-order valence-corrected chi connectivity index (χ3v) is 6.70. The molecule has 0 radical (unpaired) electrons. The quantitative estimate of drug-likeness (QED) is 0.790. The molecule has 2 aromatic rings. The number of pyridine rings is 1. The van der Waals surface area contributed by atoms with E-state index in [1.807, 2.05) is 15.5 Å². The van der Waals surface area contributed by atoms with Gasteiger partial charge in [0.05, 0.1) is 0 Å².